The number of aliphatic hydroxyl groups is 1. The number of benzene rings is 1. The summed E-state index contributed by atoms with van der Waals surface area (Å²) in [4.78, 5) is 14.1. The number of carbonyl (C=O) groups is 1. The van der Waals surface area contributed by atoms with Crippen molar-refractivity contribution in [2.75, 3.05) is 13.2 Å². The Kier molecular flexibility index (Phi) is 3.16. The van der Waals surface area contributed by atoms with Crippen molar-refractivity contribution in [3.05, 3.63) is 35.9 Å². The van der Waals surface area contributed by atoms with Crippen molar-refractivity contribution in [2.45, 2.75) is 31.2 Å². The van der Waals surface area contributed by atoms with Crippen molar-refractivity contribution in [3.8, 4) is 0 Å². The van der Waals surface area contributed by atoms with Gasteiger partial charge < -0.3 is 9.84 Å². The number of ketones is 1. The van der Waals surface area contributed by atoms with Crippen molar-refractivity contribution in [3.63, 3.8) is 0 Å². The van der Waals surface area contributed by atoms with E-state index < -0.39 is 6.10 Å². The number of ether oxygens (including phenoxy) is 1. The zero-order valence-electron chi connectivity index (χ0n) is 10.2. The Bertz CT molecular complexity index is 434. The summed E-state index contributed by atoms with van der Waals surface area (Å²) in [6, 6.07) is 9.98. The van der Waals surface area contributed by atoms with Crippen molar-refractivity contribution in [1.82, 2.24) is 4.90 Å². The van der Waals surface area contributed by atoms with E-state index in [1.165, 1.54) is 5.56 Å². The zero-order valence-corrected chi connectivity index (χ0v) is 10.2. The lowest BCUT2D eigenvalue weighted by atomic mass is 9.90. The van der Waals surface area contributed by atoms with Gasteiger partial charge in [0, 0.05) is 12.6 Å². The van der Waals surface area contributed by atoms with Crippen LogP contribution in [0.15, 0.2) is 30.3 Å². The highest BCUT2D eigenvalue weighted by molar-refractivity contribution is 5.89. The van der Waals surface area contributed by atoms with Crippen molar-refractivity contribution >= 4 is 5.78 Å². The van der Waals surface area contributed by atoms with Gasteiger partial charge in [0.2, 0.25) is 0 Å². The van der Waals surface area contributed by atoms with Crippen molar-refractivity contribution < 1.29 is 14.6 Å². The third kappa shape index (κ3) is 2.07. The smallest absolute Gasteiger partial charge is 0.180 e. The van der Waals surface area contributed by atoms with E-state index in [2.05, 4.69) is 17.0 Å². The van der Waals surface area contributed by atoms with Gasteiger partial charge in [-0.25, -0.2) is 0 Å². The van der Waals surface area contributed by atoms with Gasteiger partial charge in [0.15, 0.2) is 5.78 Å². The van der Waals surface area contributed by atoms with E-state index in [-0.39, 0.29) is 17.9 Å². The summed E-state index contributed by atoms with van der Waals surface area (Å²) in [6.45, 7) is 1.75. The molecule has 1 aromatic carbocycles. The molecule has 2 heterocycles. The number of nitrogens with zero attached hydrogens (tertiary/aromatic N) is 1. The van der Waals surface area contributed by atoms with Gasteiger partial charge in [0.1, 0.15) is 6.10 Å². The van der Waals surface area contributed by atoms with Crippen LogP contribution in [0.4, 0.5) is 0 Å². The summed E-state index contributed by atoms with van der Waals surface area (Å²) >= 11 is 0. The van der Waals surface area contributed by atoms with Gasteiger partial charge >= 0.3 is 0 Å². The first-order valence-corrected chi connectivity index (χ1v) is 6.35. The number of hydrogen-bond acceptors (Lipinski definition) is 4. The van der Waals surface area contributed by atoms with Crippen LogP contribution >= 0.6 is 0 Å². The molecular weight excluding hydrogens is 230 g/mol. The average Bonchev–Trinajstić information content (AvgIpc) is 2.39. The molecule has 2 bridgehead atoms. The molecule has 4 heteroatoms. The predicted molar refractivity (Wildman–Crippen MR) is 66.0 cm³/mol. The number of fused-ring (bicyclic) bond motifs is 2. The fourth-order valence-electron chi connectivity index (χ4n) is 2.84. The minimum atomic E-state index is -0.809. The second-order valence-electron chi connectivity index (χ2n) is 5.02. The topological polar surface area (TPSA) is 49.8 Å². The molecule has 0 radical (unpaired) electrons. The summed E-state index contributed by atoms with van der Waals surface area (Å²) in [7, 11) is 0. The number of aliphatic hydroxyl groups excluding tert-OH is 1. The molecule has 3 rings (SSSR count). The van der Waals surface area contributed by atoms with Gasteiger partial charge in [-0.05, 0) is 12.0 Å². The van der Waals surface area contributed by atoms with Crippen molar-refractivity contribution in [2.24, 2.45) is 0 Å². The molecule has 1 N–H and O–H groups in total. The largest absolute Gasteiger partial charge is 0.385 e. The molecule has 1 aromatic rings. The fourth-order valence-corrected chi connectivity index (χ4v) is 2.84. The molecule has 2 aliphatic heterocycles. The van der Waals surface area contributed by atoms with Crippen LogP contribution in [0, 0.1) is 0 Å². The second kappa shape index (κ2) is 4.80. The number of Topliss-reactive ketones (excluding diaryl/α,β-unsaturated/α-hetero) is 1. The van der Waals surface area contributed by atoms with Gasteiger partial charge in [-0.3, -0.25) is 9.69 Å². The summed E-state index contributed by atoms with van der Waals surface area (Å²) in [6.07, 6.45) is -0.321. The average molecular weight is 247 g/mol. The zero-order chi connectivity index (χ0) is 12.5. The molecule has 2 fully saturated rings. The Morgan fingerprint density at radius 1 is 1.28 bits per heavy atom. The van der Waals surface area contributed by atoms with Gasteiger partial charge in [0.25, 0.3) is 0 Å². The fraction of sp³-hybridized carbons (Fsp3) is 0.500. The number of rotatable bonds is 2. The first-order chi connectivity index (χ1) is 8.75. The summed E-state index contributed by atoms with van der Waals surface area (Å²) in [5.74, 6) is -0.0955. The maximum atomic E-state index is 12.0. The van der Waals surface area contributed by atoms with Crippen LogP contribution in [0.3, 0.4) is 0 Å². The van der Waals surface area contributed by atoms with E-state index in [1.807, 2.05) is 18.2 Å². The minimum absolute atomic E-state index is 0.0955. The van der Waals surface area contributed by atoms with Gasteiger partial charge in [-0.15, -0.1) is 0 Å². The third-order valence-electron chi connectivity index (χ3n) is 3.82. The Morgan fingerprint density at radius 2 is 2.06 bits per heavy atom. The Balaban J connectivity index is 1.81. The highest BCUT2D eigenvalue weighted by Gasteiger charge is 2.44. The molecule has 2 aliphatic rings. The molecular formula is C14H17NO3. The lowest BCUT2D eigenvalue weighted by Gasteiger charge is -2.46. The number of carbonyl (C=O) groups excluding carboxylic acids is 1. The van der Waals surface area contributed by atoms with E-state index in [4.69, 9.17) is 4.74 Å². The number of piperidine rings is 1. The monoisotopic (exact) mass is 247 g/mol. The molecule has 0 amide bonds. The number of morpholine rings is 1. The van der Waals surface area contributed by atoms with Crippen LogP contribution in [0.2, 0.25) is 0 Å². The lowest BCUT2D eigenvalue weighted by Crippen LogP contribution is -2.62. The Hall–Kier alpha value is -1.23. The normalized spacial score (nSPS) is 32.5. The maximum absolute atomic E-state index is 12.0. The summed E-state index contributed by atoms with van der Waals surface area (Å²) in [5.41, 5.74) is 1.19. The highest BCUT2D eigenvalue weighted by atomic mass is 16.5. The minimum Gasteiger partial charge on any atom is -0.385 e. The lowest BCUT2D eigenvalue weighted by molar-refractivity contribution is -0.156. The van der Waals surface area contributed by atoms with Crippen LogP contribution < -0.4 is 0 Å². The van der Waals surface area contributed by atoms with Gasteiger partial charge in [-0.2, -0.15) is 0 Å². The van der Waals surface area contributed by atoms with Crippen LogP contribution in [0.5, 0.6) is 0 Å². The highest BCUT2D eigenvalue weighted by Crippen LogP contribution is 2.27. The Morgan fingerprint density at radius 3 is 2.83 bits per heavy atom. The molecule has 3 unspecified atom stereocenters. The van der Waals surface area contributed by atoms with E-state index in [0.29, 0.717) is 19.6 Å². The molecule has 0 aliphatic carbocycles. The molecule has 2 saturated heterocycles. The molecule has 0 saturated carbocycles. The summed E-state index contributed by atoms with van der Waals surface area (Å²) in [5, 5.41) is 9.74. The Labute approximate surface area is 106 Å². The molecule has 0 aromatic heterocycles. The third-order valence-corrected chi connectivity index (χ3v) is 3.82. The predicted octanol–water partition coefficient (Wildman–Crippen LogP) is 0.590. The van der Waals surface area contributed by atoms with Crippen molar-refractivity contribution in [1.29, 1.82) is 0 Å². The van der Waals surface area contributed by atoms with Crippen LogP contribution in [0.1, 0.15) is 12.0 Å². The quantitative estimate of drug-likeness (QED) is 0.831. The van der Waals surface area contributed by atoms with E-state index in [1.54, 1.807) is 0 Å². The maximum Gasteiger partial charge on any atom is 0.180 e. The molecule has 96 valence electrons. The first-order valence-electron chi connectivity index (χ1n) is 6.35. The first kappa shape index (κ1) is 11.8. The van der Waals surface area contributed by atoms with E-state index in [0.717, 1.165) is 6.54 Å². The number of hydrogen-bond donors (Lipinski definition) is 1. The molecule has 18 heavy (non-hydrogen) atoms. The van der Waals surface area contributed by atoms with Crippen LogP contribution in [0.25, 0.3) is 0 Å². The standard InChI is InChI=1S/C14H17NO3/c16-13-6-11-8-18-9-12(14(13)17)15(11)7-10-4-2-1-3-5-10/h1-5,11-13,16H,6-9H2. The van der Waals surface area contributed by atoms with Crippen LogP contribution in [-0.2, 0) is 16.1 Å². The summed E-state index contributed by atoms with van der Waals surface area (Å²) < 4.78 is 5.45. The molecule has 0 spiro atoms. The van der Waals surface area contributed by atoms with E-state index in [9.17, 15) is 9.90 Å². The molecule has 4 nitrogen and oxygen atoms in total. The SMILES string of the molecule is O=C1C(O)CC2COCC1N2Cc1ccccc1. The second-order valence-corrected chi connectivity index (χ2v) is 5.02. The van der Waals surface area contributed by atoms with Gasteiger partial charge in [-0.1, -0.05) is 30.3 Å². The van der Waals surface area contributed by atoms with E-state index >= 15 is 0 Å². The molecule has 3 atom stereocenters. The van der Waals surface area contributed by atoms with Gasteiger partial charge in [0.05, 0.1) is 19.3 Å². The van der Waals surface area contributed by atoms with Crippen LogP contribution in [-0.4, -0.2) is 47.2 Å².